The highest BCUT2D eigenvalue weighted by Gasteiger charge is 2.33. The Labute approximate surface area is 108 Å². The molecule has 3 unspecified atom stereocenters. The van der Waals surface area contributed by atoms with Crippen LogP contribution in [0.2, 0.25) is 0 Å². The van der Waals surface area contributed by atoms with Crippen LogP contribution in [0.1, 0.15) is 33.1 Å². The van der Waals surface area contributed by atoms with Gasteiger partial charge < -0.3 is 15.7 Å². The minimum Gasteiger partial charge on any atom is -0.481 e. The number of carbonyl (C=O) groups is 2. The molecule has 5 nitrogen and oxygen atoms in total. The molecule has 3 atom stereocenters. The molecule has 0 bridgehead atoms. The van der Waals surface area contributed by atoms with Crippen LogP contribution in [0.25, 0.3) is 0 Å². The molecule has 0 aromatic heterocycles. The second kappa shape index (κ2) is 7.36. The molecule has 1 rings (SSSR count). The predicted octanol–water partition coefficient (Wildman–Crippen LogP) is 0.849. The number of amides is 1. The maximum Gasteiger partial charge on any atom is 0.306 e. The van der Waals surface area contributed by atoms with Crippen molar-refractivity contribution >= 4 is 11.9 Å². The van der Waals surface area contributed by atoms with Gasteiger partial charge in [0.05, 0.1) is 5.92 Å². The highest BCUT2D eigenvalue weighted by atomic mass is 16.4. The topological polar surface area (TPSA) is 78.4 Å². The molecule has 0 aliphatic heterocycles. The summed E-state index contributed by atoms with van der Waals surface area (Å²) in [4.78, 5) is 22.8. The minimum atomic E-state index is -0.729. The van der Waals surface area contributed by atoms with Crippen molar-refractivity contribution in [2.45, 2.75) is 33.1 Å². The Morgan fingerprint density at radius 3 is 2.72 bits per heavy atom. The largest absolute Gasteiger partial charge is 0.481 e. The van der Waals surface area contributed by atoms with Crippen LogP contribution >= 0.6 is 0 Å². The summed E-state index contributed by atoms with van der Waals surface area (Å²) >= 11 is 0. The zero-order chi connectivity index (χ0) is 13.5. The molecular formula is C13H24N2O3. The summed E-state index contributed by atoms with van der Waals surface area (Å²) in [7, 11) is 0. The molecule has 0 spiro atoms. The first-order chi connectivity index (χ1) is 8.56. The number of carbonyl (C=O) groups excluding carboxylic acids is 1. The number of carboxylic acid groups (broad SMARTS) is 1. The fraction of sp³-hybridized carbons (Fsp3) is 0.846. The zero-order valence-electron chi connectivity index (χ0n) is 11.2. The molecule has 1 fully saturated rings. The molecule has 0 heterocycles. The Bertz CT molecular complexity index is 294. The van der Waals surface area contributed by atoms with Gasteiger partial charge in [-0.2, -0.15) is 0 Å². The first kappa shape index (κ1) is 15.0. The normalized spacial score (nSPS) is 24.8. The number of carboxylic acids is 1. The molecule has 1 aliphatic carbocycles. The summed E-state index contributed by atoms with van der Waals surface area (Å²) in [5, 5.41) is 15.1. The average Bonchev–Trinajstić information content (AvgIpc) is 2.81. The summed E-state index contributed by atoms with van der Waals surface area (Å²) in [6.45, 7) is 5.88. The van der Waals surface area contributed by atoms with Crippen LogP contribution in [0.15, 0.2) is 0 Å². The van der Waals surface area contributed by atoms with Gasteiger partial charge in [-0.3, -0.25) is 9.59 Å². The Kier molecular flexibility index (Phi) is 6.12. The number of rotatable bonds is 7. The van der Waals surface area contributed by atoms with Crippen LogP contribution < -0.4 is 10.6 Å². The minimum absolute atomic E-state index is 0.00647. The molecule has 18 heavy (non-hydrogen) atoms. The first-order valence-corrected chi connectivity index (χ1v) is 6.77. The molecule has 0 aromatic rings. The van der Waals surface area contributed by atoms with Crippen LogP contribution in [0, 0.1) is 17.8 Å². The summed E-state index contributed by atoms with van der Waals surface area (Å²) in [6.07, 6.45) is 2.59. The lowest BCUT2D eigenvalue weighted by atomic mass is 9.96. The summed E-state index contributed by atoms with van der Waals surface area (Å²) in [6, 6.07) is 0. The molecule has 0 saturated heterocycles. The lowest BCUT2D eigenvalue weighted by molar-refractivity contribution is -0.143. The molecular weight excluding hydrogens is 232 g/mol. The Balaban J connectivity index is 2.31. The van der Waals surface area contributed by atoms with Gasteiger partial charge in [0.1, 0.15) is 0 Å². The molecule has 3 N–H and O–H groups in total. The van der Waals surface area contributed by atoms with Crippen LogP contribution in [0.4, 0.5) is 0 Å². The Morgan fingerprint density at radius 2 is 2.11 bits per heavy atom. The number of nitrogens with one attached hydrogen (secondary N) is 2. The molecule has 5 heteroatoms. The van der Waals surface area contributed by atoms with Crippen molar-refractivity contribution in [3.63, 3.8) is 0 Å². The van der Waals surface area contributed by atoms with Gasteiger partial charge >= 0.3 is 5.97 Å². The Hall–Kier alpha value is -1.10. The van der Waals surface area contributed by atoms with Gasteiger partial charge in [-0.15, -0.1) is 0 Å². The van der Waals surface area contributed by atoms with Crippen LogP contribution in [-0.4, -0.2) is 36.6 Å². The van der Waals surface area contributed by atoms with Gasteiger partial charge in [-0.25, -0.2) is 0 Å². The molecule has 1 amide bonds. The summed E-state index contributed by atoms with van der Waals surface area (Å²) in [5.74, 6) is -0.985. The maximum atomic E-state index is 11.8. The molecule has 104 valence electrons. The molecule has 0 radical (unpaired) electrons. The Morgan fingerprint density at radius 1 is 1.39 bits per heavy atom. The van der Waals surface area contributed by atoms with E-state index in [1.165, 1.54) is 0 Å². The monoisotopic (exact) mass is 256 g/mol. The lowest BCUT2D eigenvalue weighted by Crippen LogP contribution is -2.39. The van der Waals surface area contributed by atoms with Gasteiger partial charge in [0, 0.05) is 19.0 Å². The van der Waals surface area contributed by atoms with E-state index in [1.807, 2.05) is 13.8 Å². The van der Waals surface area contributed by atoms with Crippen molar-refractivity contribution in [2.75, 3.05) is 19.6 Å². The third-order valence-electron chi connectivity index (χ3n) is 3.66. The predicted molar refractivity (Wildman–Crippen MR) is 69.2 cm³/mol. The summed E-state index contributed by atoms with van der Waals surface area (Å²) in [5.41, 5.74) is 0. The van der Waals surface area contributed by atoms with Crippen molar-refractivity contribution in [1.29, 1.82) is 0 Å². The van der Waals surface area contributed by atoms with Gasteiger partial charge in [0.2, 0.25) is 5.91 Å². The van der Waals surface area contributed by atoms with Gasteiger partial charge in [-0.1, -0.05) is 20.3 Å². The quantitative estimate of drug-likeness (QED) is 0.631. The van der Waals surface area contributed by atoms with Crippen LogP contribution in [-0.2, 0) is 9.59 Å². The van der Waals surface area contributed by atoms with E-state index in [4.69, 9.17) is 5.11 Å². The average molecular weight is 256 g/mol. The van der Waals surface area contributed by atoms with Gasteiger partial charge in [0.15, 0.2) is 0 Å². The third kappa shape index (κ3) is 4.29. The van der Waals surface area contributed by atoms with E-state index in [0.29, 0.717) is 13.1 Å². The van der Waals surface area contributed by atoms with E-state index in [1.54, 1.807) is 0 Å². The molecule has 0 aromatic carbocycles. The van der Waals surface area contributed by atoms with Gasteiger partial charge in [-0.05, 0) is 25.3 Å². The van der Waals surface area contributed by atoms with Crippen molar-refractivity contribution in [3.8, 4) is 0 Å². The first-order valence-electron chi connectivity index (χ1n) is 6.77. The fourth-order valence-corrected chi connectivity index (χ4v) is 2.47. The second-order valence-corrected chi connectivity index (χ2v) is 5.09. The van der Waals surface area contributed by atoms with E-state index >= 15 is 0 Å². The van der Waals surface area contributed by atoms with Crippen LogP contribution in [0.3, 0.4) is 0 Å². The number of aliphatic carboxylic acids is 1. The highest BCUT2D eigenvalue weighted by Crippen LogP contribution is 2.31. The van der Waals surface area contributed by atoms with Crippen LogP contribution in [0.5, 0.6) is 0 Å². The van der Waals surface area contributed by atoms with Gasteiger partial charge in [0.25, 0.3) is 0 Å². The molecule has 1 saturated carbocycles. The SMILES string of the molecule is CCNCC(C)C(=O)NCC1CCCC1C(=O)O. The fourth-order valence-electron chi connectivity index (χ4n) is 2.47. The second-order valence-electron chi connectivity index (χ2n) is 5.09. The standard InChI is InChI=1S/C13H24N2O3/c1-3-14-7-9(2)12(16)15-8-10-5-4-6-11(10)13(17)18/h9-11,14H,3-8H2,1-2H3,(H,15,16)(H,17,18). The number of hydrogen-bond donors (Lipinski definition) is 3. The highest BCUT2D eigenvalue weighted by molar-refractivity contribution is 5.78. The van der Waals surface area contributed by atoms with E-state index in [-0.39, 0.29) is 23.7 Å². The van der Waals surface area contributed by atoms with Crippen molar-refractivity contribution in [1.82, 2.24) is 10.6 Å². The summed E-state index contributed by atoms with van der Waals surface area (Å²) < 4.78 is 0. The maximum absolute atomic E-state index is 11.8. The zero-order valence-corrected chi connectivity index (χ0v) is 11.2. The number of hydrogen-bond acceptors (Lipinski definition) is 3. The lowest BCUT2D eigenvalue weighted by Gasteiger charge is -2.18. The van der Waals surface area contributed by atoms with Crippen molar-refractivity contribution < 1.29 is 14.7 Å². The third-order valence-corrected chi connectivity index (χ3v) is 3.66. The molecule has 1 aliphatic rings. The van der Waals surface area contributed by atoms with E-state index in [0.717, 1.165) is 25.8 Å². The van der Waals surface area contributed by atoms with E-state index in [2.05, 4.69) is 10.6 Å². The van der Waals surface area contributed by atoms with E-state index in [9.17, 15) is 9.59 Å². The smallest absolute Gasteiger partial charge is 0.306 e. The van der Waals surface area contributed by atoms with Crippen molar-refractivity contribution in [3.05, 3.63) is 0 Å². The van der Waals surface area contributed by atoms with E-state index < -0.39 is 5.97 Å². The van der Waals surface area contributed by atoms with Crippen molar-refractivity contribution in [2.24, 2.45) is 17.8 Å².